The van der Waals surface area contributed by atoms with Crippen molar-refractivity contribution in [2.24, 2.45) is 23.7 Å². The van der Waals surface area contributed by atoms with E-state index in [2.05, 4.69) is 0 Å². The van der Waals surface area contributed by atoms with E-state index in [0.29, 0.717) is 73.4 Å². The van der Waals surface area contributed by atoms with Crippen molar-refractivity contribution < 1.29 is 57.7 Å². The Kier molecular flexibility index (Phi) is 13.4. The van der Waals surface area contributed by atoms with E-state index in [1.807, 2.05) is 36.4 Å². The van der Waals surface area contributed by atoms with E-state index in [9.17, 15) is 19.8 Å². The van der Waals surface area contributed by atoms with E-state index >= 15 is 0 Å². The van der Waals surface area contributed by atoms with Crippen LogP contribution in [0.3, 0.4) is 0 Å². The molecule has 2 N–H and O–H groups in total. The molecule has 4 aromatic carbocycles. The minimum atomic E-state index is -0.243. The number of hydrogen-bond acceptors (Lipinski definition) is 12. The predicted molar refractivity (Wildman–Crippen MR) is 199 cm³/mol. The molecule has 2 saturated heterocycles. The van der Waals surface area contributed by atoms with Crippen molar-refractivity contribution >= 4 is 11.9 Å². The summed E-state index contributed by atoms with van der Waals surface area (Å²) in [6.45, 7) is 0.792. The molecule has 2 aliphatic rings. The lowest BCUT2D eigenvalue weighted by atomic mass is 9.85. The highest BCUT2D eigenvalue weighted by Gasteiger charge is 2.38. The quantitative estimate of drug-likeness (QED) is 0.146. The molecule has 54 heavy (non-hydrogen) atoms. The van der Waals surface area contributed by atoms with Crippen LogP contribution in [0.25, 0.3) is 0 Å². The van der Waals surface area contributed by atoms with Crippen molar-refractivity contribution in [1.82, 2.24) is 0 Å². The van der Waals surface area contributed by atoms with Gasteiger partial charge in [0.1, 0.15) is 0 Å². The van der Waals surface area contributed by atoms with Gasteiger partial charge in [0.05, 0.1) is 67.7 Å². The summed E-state index contributed by atoms with van der Waals surface area (Å²) in [5.41, 5.74) is 3.96. The first-order chi connectivity index (χ1) is 26.1. The Hall–Kier alpha value is -5.78. The zero-order valence-electron chi connectivity index (χ0n) is 31.5. The average molecular weight is 745 g/mol. The molecule has 0 aromatic heterocycles. The number of carbonyl (C=O) groups excluding carboxylic acids is 2. The number of rotatable bonds is 14. The summed E-state index contributed by atoms with van der Waals surface area (Å²) >= 11 is 0. The highest BCUT2D eigenvalue weighted by molar-refractivity contribution is 5.76. The Morgan fingerprint density at radius 3 is 1.13 bits per heavy atom. The van der Waals surface area contributed by atoms with Gasteiger partial charge in [0.15, 0.2) is 46.0 Å². The van der Waals surface area contributed by atoms with Gasteiger partial charge in [-0.1, -0.05) is 24.3 Å². The van der Waals surface area contributed by atoms with Crippen molar-refractivity contribution in [3.63, 3.8) is 0 Å². The van der Waals surface area contributed by atoms with Gasteiger partial charge >= 0.3 is 11.9 Å². The van der Waals surface area contributed by atoms with Crippen LogP contribution in [0.2, 0.25) is 0 Å². The highest BCUT2D eigenvalue weighted by Crippen LogP contribution is 2.36. The van der Waals surface area contributed by atoms with Gasteiger partial charge in [0.25, 0.3) is 0 Å². The number of esters is 2. The maximum atomic E-state index is 12.3. The standard InChI is InChI=1S/2C21H24O6/c2*1-24-18-7-5-13(11-20(18)26-3)8-15-12-27-21(23)16(15)9-14-4-6-17(22)19(10-14)25-2/h2*4-7,10-11,15-16,22H,8-9,12H2,1-3H3/t2*15-,16+/m00/s1. The molecule has 4 aromatic rings. The van der Waals surface area contributed by atoms with Crippen LogP contribution in [0.1, 0.15) is 22.3 Å². The smallest absolute Gasteiger partial charge is 0.309 e. The second kappa shape index (κ2) is 18.3. The van der Waals surface area contributed by atoms with Crippen LogP contribution in [-0.2, 0) is 44.7 Å². The van der Waals surface area contributed by atoms with E-state index < -0.39 is 0 Å². The van der Waals surface area contributed by atoms with E-state index in [1.165, 1.54) is 14.2 Å². The van der Waals surface area contributed by atoms with Crippen molar-refractivity contribution in [1.29, 1.82) is 0 Å². The zero-order valence-corrected chi connectivity index (χ0v) is 31.5. The van der Waals surface area contributed by atoms with E-state index in [-0.39, 0.29) is 47.1 Å². The average Bonchev–Trinajstić information content (AvgIpc) is 3.71. The van der Waals surface area contributed by atoms with Gasteiger partial charge in [-0.15, -0.1) is 0 Å². The molecule has 2 fully saturated rings. The number of cyclic esters (lactones) is 2. The molecular weight excluding hydrogens is 696 g/mol. The summed E-state index contributed by atoms with van der Waals surface area (Å²) in [7, 11) is 9.41. The van der Waals surface area contributed by atoms with Gasteiger partial charge in [-0.3, -0.25) is 9.59 Å². The minimum absolute atomic E-state index is 0.0652. The third-order valence-electron chi connectivity index (χ3n) is 9.91. The molecule has 2 aliphatic heterocycles. The van der Waals surface area contributed by atoms with Crippen molar-refractivity contribution in [3.05, 3.63) is 95.1 Å². The Bertz CT molecular complexity index is 1770. The number of benzene rings is 4. The van der Waals surface area contributed by atoms with Crippen LogP contribution < -0.4 is 28.4 Å². The van der Waals surface area contributed by atoms with Gasteiger partial charge in [0, 0.05) is 11.8 Å². The molecule has 0 unspecified atom stereocenters. The van der Waals surface area contributed by atoms with E-state index in [0.717, 1.165) is 22.3 Å². The number of phenolic OH excluding ortho intramolecular Hbond substituents is 2. The molecular formula is C42H48O12. The summed E-state index contributed by atoms with van der Waals surface area (Å²) in [6, 6.07) is 21.8. The fourth-order valence-electron chi connectivity index (χ4n) is 6.94. The van der Waals surface area contributed by atoms with Crippen LogP contribution in [0.4, 0.5) is 0 Å². The SMILES string of the molecule is COc1cc(C[C@H]2C(=O)OC[C@@H]2Cc2ccc(OC)c(OC)c2)ccc1O.COc1cc(C[C@H]2C(=O)OC[C@@H]2Cc2ccc(OC)c(OC)c2)ccc1O. The largest absolute Gasteiger partial charge is 0.504 e. The highest BCUT2D eigenvalue weighted by atomic mass is 16.5. The van der Waals surface area contributed by atoms with Gasteiger partial charge in [-0.2, -0.15) is 0 Å². The molecule has 12 nitrogen and oxygen atoms in total. The molecule has 12 heteroatoms. The van der Waals surface area contributed by atoms with Crippen LogP contribution in [0.15, 0.2) is 72.8 Å². The first kappa shape index (κ1) is 39.4. The lowest BCUT2D eigenvalue weighted by Gasteiger charge is -2.17. The van der Waals surface area contributed by atoms with E-state index in [1.54, 1.807) is 64.8 Å². The first-order valence-electron chi connectivity index (χ1n) is 17.6. The molecule has 2 heterocycles. The third kappa shape index (κ3) is 9.41. The number of hydrogen-bond donors (Lipinski definition) is 2. The summed E-state index contributed by atoms with van der Waals surface area (Å²) in [5.74, 6) is 2.91. The van der Waals surface area contributed by atoms with Gasteiger partial charge in [-0.25, -0.2) is 0 Å². The number of aromatic hydroxyl groups is 2. The fourth-order valence-corrected chi connectivity index (χ4v) is 6.94. The summed E-state index contributed by atoms with van der Waals surface area (Å²) in [4.78, 5) is 24.6. The molecule has 6 rings (SSSR count). The van der Waals surface area contributed by atoms with E-state index in [4.69, 9.17) is 37.9 Å². The molecule has 0 amide bonds. The van der Waals surface area contributed by atoms with Gasteiger partial charge < -0.3 is 48.1 Å². The van der Waals surface area contributed by atoms with Crippen LogP contribution in [0, 0.1) is 23.7 Å². The number of methoxy groups -OCH3 is 6. The Labute approximate surface area is 315 Å². The topological polar surface area (TPSA) is 148 Å². The van der Waals surface area contributed by atoms with Crippen molar-refractivity contribution in [2.45, 2.75) is 25.7 Å². The van der Waals surface area contributed by atoms with Crippen LogP contribution in [0.5, 0.6) is 46.0 Å². The Morgan fingerprint density at radius 1 is 0.463 bits per heavy atom. The molecule has 288 valence electrons. The third-order valence-corrected chi connectivity index (χ3v) is 9.91. The number of ether oxygens (including phenoxy) is 8. The predicted octanol–water partition coefficient (Wildman–Crippen LogP) is 5.98. The molecule has 4 atom stereocenters. The second-order valence-electron chi connectivity index (χ2n) is 13.2. The summed E-state index contributed by atoms with van der Waals surface area (Å²) < 4.78 is 42.2. The molecule has 0 radical (unpaired) electrons. The van der Waals surface area contributed by atoms with Crippen LogP contribution in [-0.4, -0.2) is 78.0 Å². The normalized spacial score (nSPS) is 18.9. The van der Waals surface area contributed by atoms with Crippen molar-refractivity contribution in [2.75, 3.05) is 55.9 Å². The summed E-state index contributed by atoms with van der Waals surface area (Å²) in [5, 5.41) is 19.5. The van der Waals surface area contributed by atoms with Crippen LogP contribution >= 0.6 is 0 Å². The molecule has 0 aliphatic carbocycles. The molecule has 0 spiro atoms. The molecule has 0 saturated carbocycles. The van der Waals surface area contributed by atoms with Gasteiger partial charge in [0.2, 0.25) is 0 Å². The second-order valence-corrected chi connectivity index (χ2v) is 13.2. The zero-order chi connectivity index (χ0) is 38.8. The number of carbonyl (C=O) groups is 2. The number of phenols is 2. The minimum Gasteiger partial charge on any atom is -0.504 e. The Morgan fingerprint density at radius 2 is 0.778 bits per heavy atom. The lowest BCUT2D eigenvalue weighted by molar-refractivity contribution is -0.142. The fraction of sp³-hybridized carbons (Fsp3) is 0.381. The van der Waals surface area contributed by atoms with Gasteiger partial charge in [-0.05, 0) is 96.5 Å². The maximum absolute atomic E-state index is 12.3. The Balaban J connectivity index is 0.000000208. The lowest BCUT2D eigenvalue weighted by Crippen LogP contribution is -2.20. The van der Waals surface area contributed by atoms with Crippen molar-refractivity contribution in [3.8, 4) is 46.0 Å². The first-order valence-corrected chi connectivity index (χ1v) is 17.6. The monoisotopic (exact) mass is 744 g/mol. The molecule has 0 bridgehead atoms. The maximum Gasteiger partial charge on any atom is 0.309 e. The summed E-state index contributed by atoms with van der Waals surface area (Å²) in [6.07, 6.45) is 2.47.